The van der Waals surface area contributed by atoms with E-state index in [1.165, 1.54) is 11.1 Å². The highest BCUT2D eigenvalue weighted by molar-refractivity contribution is 5.84. The largest absolute Gasteiger partial charge is 0.497 e. The second-order valence-electron chi connectivity index (χ2n) is 6.98. The van der Waals surface area contributed by atoms with E-state index in [0.717, 1.165) is 29.8 Å². The van der Waals surface area contributed by atoms with Gasteiger partial charge in [0.2, 0.25) is 5.91 Å². The zero-order valence-corrected chi connectivity index (χ0v) is 15.6. The van der Waals surface area contributed by atoms with Gasteiger partial charge in [0.1, 0.15) is 5.75 Å². The van der Waals surface area contributed by atoms with Crippen LogP contribution in [0, 0.1) is 0 Å². The first kappa shape index (κ1) is 17.3. The number of carbonyl (C=O) groups excluding carboxylic acids is 1. The van der Waals surface area contributed by atoms with Crippen molar-refractivity contribution in [3.63, 3.8) is 0 Å². The molecule has 4 rings (SSSR count). The van der Waals surface area contributed by atoms with Crippen LogP contribution >= 0.6 is 0 Å². The summed E-state index contributed by atoms with van der Waals surface area (Å²) < 4.78 is 7.08. The molecule has 5 heteroatoms. The number of rotatable bonds is 5. The van der Waals surface area contributed by atoms with Crippen LogP contribution in [-0.2, 0) is 17.8 Å². The van der Waals surface area contributed by atoms with Gasteiger partial charge in [0.15, 0.2) is 0 Å². The topological polar surface area (TPSA) is 47.4 Å². The fraction of sp³-hybridized carbons (Fsp3) is 0.273. The van der Waals surface area contributed by atoms with Crippen molar-refractivity contribution in [2.24, 2.45) is 0 Å². The molecule has 0 spiro atoms. The van der Waals surface area contributed by atoms with Crippen molar-refractivity contribution >= 4 is 5.91 Å². The number of benzene rings is 2. The molecule has 2 aromatic carbocycles. The van der Waals surface area contributed by atoms with Gasteiger partial charge in [-0.25, -0.2) is 4.68 Å². The lowest BCUT2D eigenvalue weighted by Gasteiger charge is -2.21. The van der Waals surface area contributed by atoms with Crippen LogP contribution in [0.4, 0.5) is 0 Å². The zero-order valence-electron chi connectivity index (χ0n) is 15.6. The molecule has 0 saturated carbocycles. The third-order valence-electron chi connectivity index (χ3n) is 5.18. The van der Waals surface area contributed by atoms with Gasteiger partial charge in [-0.15, -0.1) is 0 Å². The van der Waals surface area contributed by atoms with Gasteiger partial charge < -0.3 is 9.64 Å². The summed E-state index contributed by atoms with van der Waals surface area (Å²) in [6.07, 6.45) is 5.65. The maximum absolute atomic E-state index is 13.0. The molecule has 0 unspecified atom stereocenters. The Balaban J connectivity index is 1.47. The summed E-state index contributed by atoms with van der Waals surface area (Å²) in [7, 11) is 3.52. The Hall–Kier alpha value is -3.08. The second kappa shape index (κ2) is 7.27. The maximum Gasteiger partial charge on any atom is 0.230 e. The van der Waals surface area contributed by atoms with Crippen molar-refractivity contribution in [2.45, 2.75) is 25.3 Å². The molecule has 1 aromatic heterocycles. The van der Waals surface area contributed by atoms with E-state index in [1.807, 2.05) is 55.8 Å². The first-order chi connectivity index (χ1) is 13.2. The summed E-state index contributed by atoms with van der Waals surface area (Å²) in [5.74, 6) is 0.936. The Labute approximate surface area is 159 Å². The lowest BCUT2D eigenvalue weighted by Crippen LogP contribution is -2.30. The molecule has 1 aliphatic rings. The summed E-state index contributed by atoms with van der Waals surface area (Å²) in [5.41, 5.74) is 4.41. The van der Waals surface area contributed by atoms with Crippen LogP contribution in [0.3, 0.4) is 0 Å². The predicted molar refractivity (Wildman–Crippen MR) is 104 cm³/mol. The van der Waals surface area contributed by atoms with E-state index in [0.29, 0.717) is 6.54 Å². The molecule has 1 atom stereocenters. The molecule has 0 saturated heterocycles. The van der Waals surface area contributed by atoms with Crippen molar-refractivity contribution in [1.29, 1.82) is 0 Å². The first-order valence-corrected chi connectivity index (χ1v) is 9.16. The fourth-order valence-electron chi connectivity index (χ4n) is 3.77. The Morgan fingerprint density at radius 3 is 2.96 bits per heavy atom. The van der Waals surface area contributed by atoms with Gasteiger partial charge >= 0.3 is 0 Å². The van der Waals surface area contributed by atoms with E-state index in [2.05, 4.69) is 17.2 Å². The van der Waals surface area contributed by atoms with Crippen LogP contribution in [0.2, 0.25) is 0 Å². The Morgan fingerprint density at radius 2 is 2.11 bits per heavy atom. The molecular formula is C22H23N3O2. The molecular weight excluding hydrogens is 338 g/mol. The lowest BCUT2D eigenvalue weighted by molar-refractivity contribution is -0.132. The highest BCUT2D eigenvalue weighted by Gasteiger charge is 2.30. The van der Waals surface area contributed by atoms with Gasteiger partial charge in [0.05, 0.1) is 24.9 Å². The van der Waals surface area contributed by atoms with Gasteiger partial charge in [-0.1, -0.05) is 30.3 Å². The summed E-state index contributed by atoms with van der Waals surface area (Å²) in [6.45, 7) is 0.543. The summed E-state index contributed by atoms with van der Waals surface area (Å²) in [6, 6.07) is 16.0. The lowest BCUT2D eigenvalue weighted by atomic mass is 10.00. The number of hydrogen-bond donors (Lipinski definition) is 0. The molecule has 0 bridgehead atoms. The van der Waals surface area contributed by atoms with E-state index in [9.17, 15) is 4.79 Å². The summed E-state index contributed by atoms with van der Waals surface area (Å²) in [4.78, 5) is 14.8. The Bertz CT molecular complexity index is 963. The van der Waals surface area contributed by atoms with Crippen molar-refractivity contribution in [3.8, 4) is 11.4 Å². The Kier molecular flexibility index (Phi) is 4.67. The minimum Gasteiger partial charge on any atom is -0.497 e. The number of aryl methyl sites for hydroxylation is 1. The molecule has 1 amide bonds. The molecule has 27 heavy (non-hydrogen) atoms. The summed E-state index contributed by atoms with van der Waals surface area (Å²) in [5, 5.41) is 4.43. The molecule has 0 N–H and O–H groups in total. The number of aromatic nitrogens is 2. The summed E-state index contributed by atoms with van der Waals surface area (Å²) >= 11 is 0. The van der Waals surface area contributed by atoms with Crippen molar-refractivity contribution in [3.05, 3.63) is 77.6 Å². The Morgan fingerprint density at radius 1 is 1.26 bits per heavy atom. The molecule has 0 fully saturated rings. The van der Waals surface area contributed by atoms with Gasteiger partial charge in [0.25, 0.3) is 0 Å². The van der Waals surface area contributed by atoms with Crippen LogP contribution in [0.5, 0.6) is 5.75 Å². The molecule has 1 heterocycles. The normalized spacial score (nSPS) is 15.4. The van der Waals surface area contributed by atoms with Crippen LogP contribution in [-0.4, -0.2) is 34.7 Å². The molecule has 0 aliphatic heterocycles. The fourth-order valence-corrected chi connectivity index (χ4v) is 3.77. The number of nitrogens with zero attached hydrogens (tertiary/aromatic N) is 3. The first-order valence-electron chi connectivity index (χ1n) is 9.16. The highest BCUT2D eigenvalue weighted by atomic mass is 16.5. The van der Waals surface area contributed by atoms with Crippen LogP contribution in [0.1, 0.15) is 29.0 Å². The van der Waals surface area contributed by atoms with Gasteiger partial charge in [-0.3, -0.25) is 4.79 Å². The number of hydrogen-bond acceptors (Lipinski definition) is 3. The predicted octanol–water partition coefficient (Wildman–Crippen LogP) is 3.57. The average molecular weight is 361 g/mol. The highest BCUT2D eigenvalue weighted by Crippen LogP contribution is 2.34. The second-order valence-corrected chi connectivity index (χ2v) is 6.98. The molecule has 0 radical (unpaired) electrons. The van der Waals surface area contributed by atoms with Gasteiger partial charge in [0, 0.05) is 31.4 Å². The molecule has 1 aliphatic carbocycles. The number of likely N-dealkylation sites (N-methyl/N-ethyl adjacent to an activating group) is 1. The number of ether oxygens (including phenoxy) is 1. The monoisotopic (exact) mass is 361 g/mol. The van der Waals surface area contributed by atoms with Crippen molar-refractivity contribution < 1.29 is 9.53 Å². The molecule has 138 valence electrons. The van der Waals surface area contributed by atoms with E-state index >= 15 is 0 Å². The SMILES string of the molecule is COc1cccc(-n2cc(CN(C)C(=O)[C@@H]3CCc4ccccc43)cn2)c1. The van der Waals surface area contributed by atoms with E-state index in [-0.39, 0.29) is 11.8 Å². The van der Waals surface area contributed by atoms with Crippen molar-refractivity contribution in [1.82, 2.24) is 14.7 Å². The maximum atomic E-state index is 13.0. The standard InChI is InChI=1S/C22H23N3O2/c1-24(22(26)21-11-10-17-6-3-4-9-20(17)21)14-16-13-23-25(15-16)18-7-5-8-19(12-18)27-2/h3-9,12-13,15,21H,10-11,14H2,1-2H3/t21-/m1/s1. The number of methoxy groups -OCH3 is 1. The van der Waals surface area contributed by atoms with E-state index in [4.69, 9.17) is 4.74 Å². The quantitative estimate of drug-likeness (QED) is 0.698. The number of carbonyl (C=O) groups is 1. The minimum absolute atomic E-state index is 0.0281. The smallest absolute Gasteiger partial charge is 0.230 e. The molecule has 5 nitrogen and oxygen atoms in total. The molecule has 3 aromatic rings. The number of fused-ring (bicyclic) bond motifs is 1. The van der Waals surface area contributed by atoms with E-state index < -0.39 is 0 Å². The minimum atomic E-state index is -0.0281. The third-order valence-corrected chi connectivity index (χ3v) is 5.18. The average Bonchev–Trinajstić information content (AvgIpc) is 3.34. The van der Waals surface area contributed by atoms with E-state index in [1.54, 1.807) is 16.7 Å². The van der Waals surface area contributed by atoms with Crippen LogP contribution in [0.25, 0.3) is 5.69 Å². The van der Waals surface area contributed by atoms with Crippen LogP contribution < -0.4 is 4.74 Å². The third kappa shape index (κ3) is 3.45. The van der Waals surface area contributed by atoms with Crippen molar-refractivity contribution in [2.75, 3.05) is 14.2 Å². The zero-order chi connectivity index (χ0) is 18.8. The van der Waals surface area contributed by atoms with Crippen LogP contribution in [0.15, 0.2) is 60.9 Å². The number of amides is 1. The van der Waals surface area contributed by atoms with Gasteiger partial charge in [-0.05, 0) is 36.1 Å². The van der Waals surface area contributed by atoms with Gasteiger partial charge in [-0.2, -0.15) is 5.10 Å².